The number of hydrogen-bond donors (Lipinski definition) is 1. The fraction of sp³-hybridized carbons (Fsp3) is 0.542. The summed E-state index contributed by atoms with van der Waals surface area (Å²) in [6, 6.07) is 6.03. The van der Waals surface area contributed by atoms with E-state index in [9.17, 15) is 4.79 Å². The van der Waals surface area contributed by atoms with Gasteiger partial charge in [-0.05, 0) is 58.9 Å². The lowest BCUT2D eigenvalue weighted by molar-refractivity contribution is -0.120. The second-order valence-electron chi connectivity index (χ2n) is 8.53. The summed E-state index contributed by atoms with van der Waals surface area (Å²) in [5.41, 5.74) is 3.84. The first-order valence-corrected chi connectivity index (χ1v) is 10.9. The quantitative estimate of drug-likeness (QED) is 0.699. The summed E-state index contributed by atoms with van der Waals surface area (Å²) >= 11 is 0. The van der Waals surface area contributed by atoms with Gasteiger partial charge in [-0.15, -0.1) is 0 Å². The number of carbonyl (C=O) groups excluding carboxylic acids is 1. The predicted molar refractivity (Wildman–Crippen MR) is 121 cm³/mol. The number of amides is 1. The summed E-state index contributed by atoms with van der Waals surface area (Å²) in [6.07, 6.45) is 1.33. The molecule has 1 atom stereocenters. The van der Waals surface area contributed by atoms with Crippen LogP contribution in [0.1, 0.15) is 54.5 Å². The monoisotopic (exact) mass is 426 g/mol. The number of carbonyl (C=O) groups is 1. The highest BCUT2D eigenvalue weighted by Gasteiger charge is 2.28. The Morgan fingerprint density at radius 1 is 1.19 bits per heavy atom. The Morgan fingerprint density at radius 3 is 2.52 bits per heavy atom. The Hall–Kier alpha value is -2.67. The molecule has 31 heavy (non-hydrogen) atoms. The molecule has 7 nitrogen and oxygen atoms in total. The van der Waals surface area contributed by atoms with Crippen LogP contribution >= 0.6 is 0 Å². The maximum atomic E-state index is 12.2. The molecule has 168 valence electrons. The number of rotatable bonds is 8. The lowest BCUT2D eigenvalue weighted by atomic mass is 10.0. The highest BCUT2D eigenvalue weighted by Crippen LogP contribution is 2.30. The topological polar surface area (TPSA) is 76.6 Å². The van der Waals surface area contributed by atoms with E-state index in [1.54, 1.807) is 14.2 Å². The molecule has 7 heteroatoms. The van der Waals surface area contributed by atoms with E-state index in [0.717, 1.165) is 65.9 Å². The number of methoxy groups -OCH3 is 2. The first kappa shape index (κ1) is 23.0. The molecule has 1 aliphatic heterocycles. The van der Waals surface area contributed by atoms with Gasteiger partial charge < -0.3 is 14.8 Å². The Morgan fingerprint density at radius 2 is 1.90 bits per heavy atom. The van der Waals surface area contributed by atoms with Crippen molar-refractivity contribution in [3.05, 3.63) is 46.5 Å². The van der Waals surface area contributed by atoms with Crippen molar-refractivity contribution in [2.75, 3.05) is 27.3 Å². The summed E-state index contributed by atoms with van der Waals surface area (Å²) in [7, 11) is 3.37. The molecule has 0 spiro atoms. The first-order chi connectivity index (χ1) is 14.8. The van der Waals surface area contributed by atoms with Crippen LogP contribution in [-0.4, -0.2) is 54.1 Å². The van der Waals surface area contributed by atoms with Crippen LogP contribution in [0.4, 0.5) is 0 Å². The van der Waals surface area contributed by atoms with Gasteiger partial charge in [-0.3, -0.25) is 9.69 Å². The zero-order valence-electron chi connectivity index (χ0n) is 19.5. The molecule has 1 aliphatic rings. The van der Waals surface area contributed by atoms with E-state index in [1.165, 1.54) is 0 Å². The Labute approximate surface area is 185 Å². The average molecular weight is 427 g/mol. The predicted octanol–water partition coefficient (Wildman–Crippen LogP) is 3.17. The summed E-state index contributed by atoms with van der Waals surface area (Å²) < 4.78 is 10.9. The van der Waals surface area contributed by atoms with Crippen LogP contribution in [0.15, 0.2) is 18.2 Å². The van der Waals surface area contributed by atoms with Gasteiger partial charge in [0.2, 0.25) is 5.91 Å². The van der Waals surface area contributed by atoms with E-state index >= 15 is 0 Å². The minimum absolute atomic E-state index is 0.0110. The fourth-order valence-corrected chi connectivity index (χ4v) is 4.17. The van der Waals surface area contributed by atoms with Gasteiger partial charge in [-0.1, -0.05) is 0 Å². The number of nitrogens with zero attached hydrogens (tertiary/aromatic N) is 3. The van der Waals surface area contributed by atoms with Crippen molar-refractivity contribution < 1.29 is 14.3 Å². The third kappa shape index (κ3) is 5.73. The van der Waals surface area contributed by atoms with Crippen molar-refractivity contribution in [2.45, 2.75) is 59.0 Å². The summed E-state index contributed by atoms with van der Waals surface area (Å²) in [5, 5.41) is 2.94. The fourth-order valence-electron chi connectivity index (χ4n) is 4.17. The zero-order valence-corrected chi connectivity index (χ0v) is 19.5. The van der Waals surface area contributed by atoms with Crippen molar-refractivity contribution >= 4 is 5.91 Å². The van der Waals surface area contributed by atoms with E-state index in [-0.39, 0.29) is 17.9 Å². The van der Waals surface area contributed by atoms with Crippen LogP contribution in [0.2, 0.25) is 0 Å². The van der Waals surface area contributed by atoms with Gasteiger partial charge in [0.25, 0.3) is 0 Å². The zero-order chi connectivity index (χ0) is 22.5. The molecule has 2 heterocycles. The molecular formula is C24H34N4O3. The Balaban J connectivity index is 1.69. The Bertz CT molecular complexity index is 906. The number of ether oxygens (including phenoxy) is 2. The van der Waals surface area contributed by atoms with Gasteiger partial charge in [0.15, 0.2) is 0 Å². The van der Waals surface area contributed by atoms with Gasteiger partial charge in [0.1, 0.15) is 17.3 Å². The highest BCUT2D eigenvalue weighted by atomic mass is 16.5. The maximum Gasteiger partial charge on any atom is 0.224 e. The molecule has 1 saturated heterocycles. The van der Waals surface area contributed by atoms with E-state index < -0.39 is 0 Å². The molecule has 0 saturated carbocycles. The van der Waals surface area contributed by atoms with Crippen molar-refractivity contribution in [1.82, 2.24) is 20.2 Å². The molecule has 0 aliphatic carbocycles. The van der Waals surface area contributed by atoms with Crippen molar-refractivity contribution in [3.63, 3.8) is 0 Å². The minimum atomic E-state index is 0.0110. The highest BCUT2D eigenvalue weighted by molar-refractivity contribution is 5.79. The average Bonchev–Trinajstić information content (AvgIpc) is 3.18. The summed E-state index contributed by atoms with van der Waals surface area (Å²) in [6.45, 7) is 10.5. The second-order valence-corrected chi connectivity index (χ2v) is 8.53. The van der Waals surface area contributed by atoms with Gasteiger partial charge in [-0.2, -0.15) is 0 Å². The lowest BCUT2D eigenvalue weighted by Gasteiger charge is -2.19. The van der Waals surface area contributed by atoms with Crippen LogP contribution in [0, 0.1) is 13.8 Å². The normalized spacial score (nSPS) is 16.5. The van der Waals surface area contributed by atoms with Crippen LogP contribution in [0.3, 0.4) is 0 Å². The molecule has 2 aromatic rings. The molecule has 1 N–H and O–H groups in total. The van der Waals surface area contributed by atoms with Gasteiger partial charge in [-0.25, -0.2) is 9.97 Å². The van der Waals surface area contributed by atoms with E-state index in [4.69, 9.17) is 19.4 Å². The molecule has 0 unspecified atom stereocenters. The van der Waals surface area contributed by atoms with Crippen molar-refractivity contribution in [3.8, 4) is 11.5 Å². The van der Waals surface area contributed by atoms with Gasteiger partial charge in [0, 0.05) is 47.6 Å². The number of nitrogens with one attached hydrogen (secondary N) is 1. The lowest BCUT2D eigenvalue weighted by Crippen LogP contribution is -2.32. The van der Waals surface area contributed by atoms with Crippen LogP contribution < -0.4 is 14.8 Å². The molecule has 1 aromatic heterocycles. The van der Waals surface area contributed by atoms with Crippen LogP contribution in [-0.2, 0) is 17.8 Å². The van der Waals surface area contributed by atoms with Crippen molar-refractivity contribution in [2.24, 2.45) is 0 Å². The molecule has 0 radical (unpaired) electrons. The first-order valence-electron chi connectivity index (χ1n) is 10.9. The Kier molecular flexibility index (Phi) is 7.49. The molecule has 1 amide bonds. The van der Waals surface area contributed by atoms with E-state index in [0.29, 0.717) is 6.42 Å². The minimum Gasteiger partial charge on any atom is -0.497 e. The number of aromatic nitrogens is 2. The van der Waals surface area contributed by atoms with Crippen LogP contribution in [0.25, 0.3) is 0 Å². The third-order valence-corrected chi connectivity index (χ3v) is 5.74. The standard InChI is InChI=1S/C24H34N4O3/c1-15(2)25-23(29)12-21-16(3)26-24(27-17(21)4)18-9-10-28(13-18)14-19-11-20(30-5)7-8-22(19)31-6/h7-8,11,15,18H,9-10,12-14H2,1-6H3,(H,25,29)/t18-/m0/s1. The summed E-state index contributed by atoms with van der Waals surface area (Å²) in [5.74, 6) is 2.88. The molecule has 3 rings (SSSR count). The molecule has 0 bridgehead atoms. The summed E-state index contributed by atoms with van der Waals surface area (Å²) in [4.78, 5) is 24.2. The maximum absolute atomic E-state index is 12.2. The number of hydrogen-bond acceptors (Lipinski definition) is 6. The molecule has 1 aromatic carbocycles. The second kappa shape index (κ2) is 10.1. The van der Waals surface area contributed by atoms with Gasteiger partial charge >= 0.3 is 0 Å². The van der Waals surface area contributed by atoms with Crippen molar-refractivity contribution in [1.29, 1.82) is 0 Å². The smallest absolute Gasteiger partial charge is 0.224 e. The van der Waals surface area contributed by atoms with E-state index in [1.807, 2.05) is 45.9 Å². The third-order valence-electron chi connectivity index (χ3n) is 5.74. The molecular weight excluding hydrogens is 392 g/mol. The van der Waals surface area contributed by atoms with E-state index in [2.05, 4.69) is 10.2 Å². The number of aryl methyl sites for hydroxylation is 2. The SMILES string of the molecule is COc1ccc(OC)c(CN2CC[C@H](c3nc(C)c(CC(=O)NC(C)C)c(C)n3)C2)c1. The number of benzene rings is 1. The van der Waals surface area contributed by atoms with Crippen LogP contribution in [0.5, 0.6) is 11.5 Å². The number of likely N-dealkylation sites (tertiary alicyclic amines) is 1. The molecule has 1 fully saturated rings. The van der Waals surface area contributed by atoms with Gasteiger partial charge in [0.05, 0.1) is 20.6 Å². The largest absolute Gasteiger partial charge is 0.497 e.